The number of carbonyl (C=O) groups is 2. The van der Waals surface area contributed by atoms with E-state index in [1.54, 1.807) is 0 Å². The number of amides is 2. The van der Waals surface area contributed by atoms with Gasteiger partial charge in [0.15, 0.2) is 9.84 Å². The molecule has 2 fully saturated rings. The van der Waals surface area contributed by atoms with E-state index in [1.165, 1.54) is 0 Å². The molecule has 1 N–H and O–H groups in total. The van der Waals surface area contributed by atoms with Crippen molar-refractivity contribution in [2.45, 2.75) is 37.6 Å². The van der Waals surface area contributed by atoms with Crippen molar-refractivity contribution in [2.75, 3.05) is 42.6 Å². The second-order valence-electron chi connectivity index (χ2n) is 10.8. The molecule has 0 bridgehead atoms. The van der Waals surface area contributed by atoms with Gasteiger partial charge in [-0.05, 0) is 54.7 Å². The third-order valence-electron chi connectivity index (χ3n) is 8.40. The van der Waals surface area contributed by atoms with E-state index in [9.17, 15) is 18.0 Å². The highest BCUT2D eigenvalue weighted by Crippen LogP contribution is 2.37. The molecule has 40 heavy (non-hydrogen) atoms. The SMILES string of the molecule is CC[C@H](NC(=O)C1(c2ccccc2)CCN(C(=O)c2ccc(N3CCS(=O)(=O)CC3)cc2)CC1)c1ccccc1. The third kappa shape index (κ3) is 5.92. The number of hydrogen-bond acceptors (Lipinski definition) is 5. The number of nitrogens with one attached hydrogen (secondary N) is 1. The van der Waals surface area contributed by atoms with Gasteiger partial charge in [-0.25, -0.2) is 8.42 Å². The molecule has 2 amide bonds. The highest BCUT2D eigenvalue weighted by Gasteiger charge is 2.44. The first-order valence-corrected chi connectivity index (χ1v) is 15.9. The molecule has 0 unspecified atom stereocenters. The molecule has 0 radical (unpaired) electrons. The van der Waals surface area contributed by atoms with Crippen LogP contribution in [0.15, 0.2) is 84.9 Å². The Morgan fingerprint density at radius 2 is 1.40 bits per heavy atom. The van der Waals surface area contributed by atoms with E-state index in [4.69, 9.17) is 0 Å². The molecule has 2 heterocycles. The van der Waals surface area contributed by atoms with Gasteiger partial charge in [0, 0.05) is 37.4 Å². The fraction of sp³-hybridized carbons (Fsp3) is 0.375. The van der Waals surface area contributed by atoms with Gasteiger partial charge >= 0.3 is 0 Å². The van der Waals surface area contributed by atoms with Gasteiger partial charge in [-0.15, -0.1) is 0 Å². The maximum atomic E-state index is 14.0. The van der Waals surface area contributed by atoms with Crippen LogP contribution < -0.4 is 10.2 Å². The minimum Gasteiger partial charge on any atom is -0.369 e. The van der Waals surface area contributed by atoms with Gasteiger partial charge in [0.25, 0.3) is 5.91 Å². The minimum absolute atomic E-state index is 0.00870. The molecular formula is C32H37N3O4S. The topological polar surface area (TPSA) is 86.8 Å². The Morgan fingerprint density at radius 3 is 1.98 bits per heavy atom. The van der Waals surface area contributed by atoms with E-state index in [-0.39, 0.29) is 29.4 Å². The molecule has 7 nitrogen and oxygen atoms in total. The number of sulfone groups is 1. The highest BCUT2D eigenvalue weighted by molar-refractivity contribution is 7.91. The van der Waals surface area contributed by atoms with Crippen molar-refractivity contribution in [1.29, 1.82) is 0 Å². The molecule has 2 aliphatic heterocycles. The number of benzene rings is 3. The highest BCUT2D eigenvalue weighted by atomic mass is 32.2. The average Bonchev–Trinajstić information content (AvgIpc) is 3.00. The Balaban J connectivity index is 1.29. The maximum Gasteiger partial charge on any atom is 0.253 e. The van der Waals surface area contributed by atoms with Crippen molar-refractivity contribution in [1.82, 2.24) is 10.2 Å². The standard InChI is InChI=1S/C32H37N3O4S/c1-2-29(25-9-5-3-6-10-25)33-31(37)32(27-11-7-4-8-12-27)17-19-35(20-18-32)30(36)26-13-15-28(16-14-26)34-21-23-40(38,39)24-22-34/h3-16,29H,2,17-24H2,1H3,(H,33,37)/t29-/m0/s1. The van der Waals surface area contributed by atoms with Crippen molar-refractivity contribution < 1.29 is 18.0 Å². The van der Waals surface area contributed by atoms with Crippen LogP contribution in [0.4, 0.5) is 5.69 Å². The smallest absolute Gasteiger partial charge is 0.253 e. The molecule has 8 heteroatoms. The van der Waals surface area contributed by atoms with Gasteiger partial charge in [-0.2, -0.15) is 0 Å². The maximum absolute atomic E-state index is 14.0. The minimum atomic E-state index is -2.95. The lowest BCUT2D eigenvalue weighted by atomic mass is 9.71. The molecule has 5 rings (SSSR count). The van der Waals surface area contributed by atoms with Crippen molar-refractivity contribution in [3.63, 3.8) is 0 Å². The molecule has 3 aromatic rings. The summed E-state index contributed by atoms with van der Waals surface area (Å²) in [6.45, 7) is 3.97. The summed E-state index contributed by atoms with van der Waals surface area (Å²) in [7, 11) is -2.95. The quantitative estimate of drug-likeness (QED) is 0.465. The molecule has 0 aliphatic carbocycles. The molecule has 0 spiro atoms. The number of anilines is 1. The van der Waals surface area contributed by atoms with Gasteiger partial charge in [0.2, 0.25) is 5.91 Å². The molecule has 2 aliphatic rings. The lowest BCUT2D eigenvalue weighted by Crippen LogP contribution is -2.53. The zero-order chi connectivity index (χ0) is 28.2. The lowest BCUT2D eigenvalue weighted by Gasteiger charge is -2.42. The first-order valence-electron chi connectivity index (χ1n) is 14.1. The average molecular weight is 560 g/mol. The predicted molar refractivity (Wildman–Crippen MR) is 158 cm³/mol. The van der Waals surface area contributed by atoms with E-state index in [0.29, 0.717) is 44.6 Å². The van der Waals surface area contributed by atoms with Crippen LogP contribution >= 0.6 is 0 Å². The summed E-state index contributed by atoms with van der Waals surface area (Å²) in [4.78, 5) is 31.3. The predicted octanol–water partition coefficient (Wildman–Crippen LogP) is 4.36. The number of nitrogens with zero attached hydrogens (tertiary/aromatic N) is 2. The fourth-order valence-electron chi connectivity index (χ4n) is 5.87. The normalized spacial score (nSPS) is 19.0. The second-order valence-corrected chi connectivity index (χ2v) is 13.1. The number of piperidine rings is 1. The van der Waals surface area contributed by atoms with Crippen LogP contribution in [-0.4, -0.2) is 62.8 Å². The van der Waals surface area contributed by atoms with Crippen molar-refractivity contribution >= 4 is 27.3 Å². The van der Waals surface area contributed by atoms with E-state index >= 15 is 0 Å². The van der Waals surface area contributed by atoms with Crippen LogP contribution in [0.1, 0.15) is 53.7 Å². The third-order valence-corrected chi connectivity index (χ3v) is 10.0. The first-order chi connectivity index (χ1) is 19.3. The zero-order valence-electron chi connectivity index (χ0n) is 23.0. The summed E-state index contributed by atoms with van der Waals surface area (Å²) in [6, 6.07) is 27.3. The van der Waals surface area contributed by atoms with E-state index in [1.807, 2.05) is 94.7 Å². The van der Waals surface area contributed by atoms with E-state index < -0.39 is 15.3 Å². The summed E-state index contributed by atoms with van der Waals surface area (Å²) in [5.74, 6) is 0.269. The molecule has 2 saturated heterocycles. The van der Waals surface area contributed by atoms with Crippen molar-refractivity contribution in [3.05, 3.63) is 102 Å². The van der Waals surface area contributed by atoms with E-state index in [0.717, 1.165) is 23.2 Å². The fourth-order valence-corrected chi connectivity index (χ4v) is 7.07. The Morgan fingerprint density at radius 1 is 0.825 bits per heavy atom. The molecule has 0 aromatic heterocycles. The molecule has 3 aromatic carbocycles. The first kappa shape index (κ1) is 27.9. The Hall–Kier alpha value is -3.65. The van der Waals surface area contributed by atoms with Gasteiger partial charge in [0.05, 0.1) is 23.0 Å². The molecule has 0 saturated carbocycles. The molecule has 1 atom stereocenters. The number of hydrogen-bond donors (Lipinski definition) is 1. The summed E-state index contributed by atoms with van der Waals surface area (Å²) in [6.07, 6.45) is 1.87. The molecule has 210 valence electrons. The van der Waals surface area contributed by atoms with Crippen LogP contribution in [0.2, 0.25) is 0 Å². The number of likely N-dealkylation sites (tertiary alicyclic amines) is 1. The lowest BCUT2D eigenvalue weighted by molar-refractivity contribution is -0.129. The monoisotopic (exact) mass is 559 g/mol. The van der Waals surface area contributed by atoms with Crippen LogP contribution in [0, 0.1) is 0 Å². The second kappa shape index (κ2) is 11.8. The Bertz CT molecular complexity index is 1400. The summed E-state index contributed by atoms with van der Waals surface area (Å²) in [5.41, 5.74) is 2.88. The summed E-state index contributed by atoms with van der Waals surface area (Å²) >= 11 is 0. The largest absolute Gasteiger partial charge is 0.369 e. The van der Waals surface area contributed by atoms with E-state index in [2.05, 4.69) is 12.2 Å². The summed E-state index contributed by atoms with van der Waals surface area (Å²) in [5, 5.41) is 3.33. The Labute approximate surface area is 237 Å². The summed E-state index contributed by atoms with van der Waals surface area (Å²) < 4.78 is 23.5. The van der Waals surface area contributed by atoms with Crippen LogP contribution in [0.3, 0.4) is 0 Å². The number of carbonyl (C=O) groups excluding carboxylic acids is 2. The zero-order valence-corrected chi connectivity index (χ0v) is 23.8. The Kier molecular flexibility index (Phi) is 8.26. The number of rotatable bonds is 7. The van der Waals surface area contributed by atoms with Crippen molar-refractivity contribution in [3.8, 4) is 0 Å². The van der Waals surface area contributed by atoms with Gasteiger partial charge in [-0.1, -0.05) is 67.6 Å². The van der Waals surface area contributed by atoms with Crippen LogP contribution in [0.5, 0.6) is 0 Å². The van der Waals surface area contributed by atoms with Crippen molar-refractivity contribution in [2.24, 2.45) is 0 Å². The molecular weight excluding hydrogens is 522 g/mol. The van der Waals surface area contributed by atoms with Gasteiger partial charge in [0.1, 0.15) is 0 Å². The van der Waals surface area contributed by atoms with Crippen LogP contribution in [0.25, 0.3) is 0 Å². The van der Waals surface area contributed by atoms with Gasteiger partial charge in [-0.3, -0.25) is 9.59 Å². The van der Waals surface area contributed by atoms with Gasteiger partial charge < -0.3 is 15.1 Å². The van der Waals surface area contributed by atoms with Crippen LogP contribution in [-0.2, 0) is 20.0 Å².